The third-order valence-corrected chi connectivity index (χ3v) is 3.74. The van der Waals surface area contributed by atoms with Crippen molar-refractivity contribution in [2.75, 3.05) is 26.8 Å². The van der Waals surface area contributed by atoms with Crippen LogP contribution in [0.3, 0.4) is 0 Å². The molecule has 0 unspecified atom stereocenters. The van der Waals surface area contributed by atoms with Gasteiger partial charge in [-0.1, -0.05) is 11.6 Å². The monoisotopic (exact) mass is 312 g/mol. The van der Waals surface area contributed by atoms with Crippen molar-refractivity contribution >= 4 is 17.5 Å². The van der Waals surface area contributed by atoms with Gasteiger partial charge in [0.2, 0.25) is 0 Å². The Morgan fingerprint density at radius 2 is 2.14 bits per heavy atom. The Morgan fingerprint density at radius 3 is 2.76 bits per heavy atom. The van der Waals surface area contributed by atoms with Gasteiger partial charge < -0.3 is 20.1 Å². The molecule has 1 amide bonds. The fraction of sp³-hybridized carbons (Fsp3) is 0.533. The van der Waals surface area contributed by atoms with Gasteiger partial charge in [-0.3, -0.25) is 4.79 Å². The lowest BCUT2D eigenvalue weighted by molar-refractivity contribution is 0.0929. The Morgan fingerprint density at radius 1 is 1.43 bits per heavy atom. The number of carbonyl (C=O) groups is 1. The number of hydrogen-bond acceptors (Lipinski definition) is 4. The summed E-state index contributed by atoms with van der Waals surface area (Å²) in [5.74, 6) is 0.810. The highest BCUT2D eigenvalue weighted by atomic mass is 35.5. The molecule has 0 spiro atoms. The van der Waals surface area contributed by atoms with E-state index in [0.717, 1.165) is 25.9 Å². The van der Waals surface area contributed by atoms with E-state index in [1.807, 2.05) is 6.92 Å². The zero-order valence-corrected chi connectivity index (χ0v) is 13.1. The van der Waals surface area contributed by atoms with Gasteiger partial charge in [0.15, 0.2) is 11.5 Å². The Bertz CT molecular complexity index is 502. The second-order valence-corrected chi connectivity index (χ2v) is 5.33. The van der Waals surface area contributed by atoms with Gasteiger partial charge in [-0.05, 0) is 45.0 Å². The SMILES string of the molecule is CCOc1c(Cl)cc(C(=O)NC2CCNCC2)cc1OC. The van der Waals surface area contributed by atoms with E-state index in [1.54, 1.807) is 12.1 Å². The van der Waals surface area contributed by atoms with Crippen LogP contribution >= 0.6 is 11.6 Å². The van der Waals surface area contributed by atoms with Crippen molar-refractivity contribution < 1.29 is 14.3 Å². The number of ether oxygens (including phenoxy) is 2. The first kappa shape index (κ1) is 15.9. The van der Waals surface area contributed by atoms with Crippen LogP contribution in [-0.2, 0) is 0 Å². The van der Waals surface area contributed by atoms with Crippen molar-refractivity contribution in [1.29, 1.82) is 0 Å². The number of carbonyl (C=O) groups excluding carboxylic acids is 1. The van der Waals surface area contributed by atoms with Crippen molar-refractivity contribution in [1.82, 2.24) is 10.6 Å². The molecule has 0 aliphatic carbocycles. The Balaban J connectivity index is 2.15. The first-order valence-electron chi connectivity index (χ1n) is 7.17. The largest absolute Gasteiger partial charge is 0.493 e. The van der Waals surface area contributed by atoms with Crippen molar-refractivity contribution in [2.24, 2.45) is 0 Å². The van der Waals surface area contributed by atoms with Gasteiger partial charge in [-0.25, -0.2) is 0 Å². The number of halogens is 1. The minimum atomic E-state index is -0.134. The number of hydrogen-bond donors (Lipinski definition) is 2. The molecule has 1 aromatic rings. The van der Waals surface area contributed by atoms with Gasteiger partial charge in [0.05, 0.1) is 18.7 Å². The minimum absolute atomic E-state index is 0.134. The van der Waals surface area contributed by atoms with E-state index >= 15 is 0 Å². The molecule has 0 atom stereocenters. The van der Waals surface area contributed by atoms with Crippen LogP contribution in [0, 0.1) is 0 Å². The number of rotatable bonds is 5. The molecule has 1 aliphatic heterocycles. The van der Waals surface area contributed by atoms with Crippen LogP contribution in [0.4, 0.5) is 0 Å². The summed E-state index contributed by atoms with van der Waals surface area (Å²) in [7, 11) is 1.53. The molecular formula is C15H21ClN2O3. The molecule has 6 heteroatoms. The van der Waals surface area contributed by atoms with E-state index in [1.165, 1.54) is 7.11 Å². The molecule has 0 aromatic heterocycles. The Hall–Kier alpha value is -1.46. The second kappa shape index (κ2) is 7.52. The molecule has 0 saturated carbocycles. The van der Waals surface area contributed by atoms with Crippen molar-refractivity contribution in [2.45, 2.75) is 25.8 Å². The van der Waals surface area contributed by atoms with Crippen LogP contribution in [0.2, 0.25) is 5.02 Å². The molecule has 5 nitrogen and oxygen atoms in total. The molecular weight excluding hydrogens is 292 g/mol. The predicted molar refractivity (Wildman–Crippen MR) is 82.5 cm³/mol. The lowest BCUT2D eigenvalue weighted by atomic mass is 10.1. The average molecular weight is 313 g/mol. The number of benzene rings is 1. The first-order valence-corrected chi connectivity index (χ1v) is 7.55. The molecule has 1 saturated heterocycles. The molecule has 21 heavy (non-hydrogen) atoms. The van der Waals surface area contributed by atoms with E-state index in [0.29, 0.717) is 28.7 Å². The fourth-order valence-electron chi connectivity index (χ4n) is 2.37. The first-order chi connectivity index (χ1) is 10.2. The Labute approximate surface area is 130 Å². The summed E-state index contributed by atoms with van der Waals surface area (Å²) in [6.45, 7) is 4.21. The molecule has 1 aliphatic rings. The summed E-state index contributed by atoms with van der Waals surface area (Å²) in [5, 5.41) is 6.68. The van der Waals surface area contributed by atoms with Gasteiger partial charge in [-0.15, -0.1) is 0 Å². The molecule has 1 aromatic carbocycles. The van der Waals surface area contributed by atoms with Crippen LogP contribution in [0.15, 0.2) is 12.1 Å². The average Bonchev–Trinajstić information content (AvgIpc) is 2.50. The highest BCUT2D eigenvalue weighted by molar-refractivity contribution is 6.32. The maximum absolute atomic E-state index is 12.3. The van der Waals surface area contributed by atoms with Crippen LogP contribution in [0.5, 0.6) is 11.5 Å². The van der Waals surface area contributed by atoms with Gasteiger partial charge in [-0.2, -0.15) is 0 Å². The van der Waals surface area contributed by atoms with E-state index < -0.39 is 0 Å². The zero-order chi connectivity index (χ0) is 15.2. The van der Waals surface area contributed by atoms with E-state index in [4.69, 9.17) is 21.1 Å². The molecule has 2 N–H and O–H groups in total. The molecule has 1 heterocycles. The van der Waals surface area contributed by atoms with Gasteiger partial charge >= 0.3 is 0 Å². The summed E-state index contributed by atoms with van der Waals surface area (Å²) < 4.78 is 10.7. The maximum atomic E-state index is 12.3. The lowest BCUT2D eigenvalue weighted by Gasteiger charge is -2.24. The quantitative estimate of drug-likeness (QED) is 0.875. The highest BCUT2D eigenvalue weighted by Gasteiger charge is 2.19. The predicted octanol–water partition coefficient (Wildman–Crippen LogP) is 2.23. The lowest BCUT2D eigenvalue weighted by Crippen LogP contribution is -2.42. The summed E-state index contributed by atoms with van der Waals surface area (Å²) in [6, 6.07) is 3.48. The normalized spacial score (nSPS) is 15.6. The molecule has 2 rings (SSSR count). The zero-order valence-electron chi connectivity index (χ0n) is 12.4. The maximum Gasteiger partial charge on any atom is 0.251 e. The summed E-state index contributed by atoms with van der Waals surface area (Å²) in [5.41, 5.74) is 0.485. The molecule has 1 fully saturated rings. The van der Waals surface area contributed by atoms with Crippen LogP contribution in [0.25, 0.3) is 0 Å². The minimum Gasteiger partial charge on any atom is -0.493 e. The van der Waals surface area contributed by atoms with Gasteiger partial charge in [0.1, 0.15) is 0 Å². The molecule has 0 radical (unpaired) electrons. The Kier molecular flexibility index (Phi) is 5.70. The van der Waals surface area contributed by atoms with E-state index in [-0.39, 0.29) is 11.9 Å². The topological polar surface area (TPSA) is 59.6 Å². The second-order valence-electron chi connectivity index (χ2n) is 4.92. The van der Waals surface area contributed by atoms with Crippen molar-refractivity contribution in [3.05, 3.63) is 22.7 Å². The van der Waals surface area contributed by atoms with Crippen LogP contribution in [-0.4, -0.2) is 38.8 Å². The smallest absolute Gasteiger partial charge is 0.251 e. The number of nitrogens with one attached hydrogen (secondary N) is 2. The van der Waals surface area contributed by atoms with Gasteiger partial charge in [0, 0.05) is 11.6 Å². The summed E-state index contributed by atoms with van der Waals surface area (Å²) in [4.78, 5) is 12.3. The third kappa shape index (κ3) is 4.02. The van der Waals surface area contributed by atoms with Crippen molar-refractivity contribution in [3.63, 3.8) is 0 Å². The highest BCUT2D eigenvalue weighted by Crippen LogP contribution is 2.36. The number of piperidine rings is 1. The van der Waals surface area contributed by atoms with Gasteiger partial charge in [0.25, 0.3) is 5.91 Å². The van der Waals surface area contributed by atoms with Crippen LogP contribution < -0.4 is 20.1 Å². The molecule has 116 valence electrons. The number of amides is 1. The standard InChI is InChI=1S/C15H21ClN2O3/c1-3-21-14-12(16)8-10(9-13(14)20-2)15(19)18-11-4-6-17-7-5-11/h8-9,11,17H,3-7H2,1-2H3,(H,18,19). The third-order valence-electron chi connectivity index (χ3n) is 3.45. The summed E-state index contributed by atoms with van der Waals surface area (Å²) >= 11 is 6.18. The van der Waals surface area contributed by atoms with Crippen molar-refractivity contribution in [3.8, 4) is 11.5 Å². The van der Waals surface area contributed by atoms with E-state index in [2.05, 4.69) is 10.6 Å². The number of methoxy groups -OCH3 is 1. The summed E-state index contributed by atoms with van der Waals surface area (Å²) in [6.07, 6.45) is 1.88. The van der Waals surface area contributed by atoms with E-state index in [9.17, 15) is 4.79 Å². The molecule has 0 bridgehead atoms. The fourth-order valence-corrected chi connectivity index (χ4v) is 2.64. The van der Waals surface area contributed by atoms with Crippen LogP contribution in [0.1, 0.15) is 30.1 Å².